The normalized spacial score (nSPS) is 17.5. The van der Waals surface area contributed by atoms with Crippen LogP contribution in [0.15, 0.2) is 48.8 Å². The molecule has 0 radical (unpaired) electrons. The number of carbonyl (C=O) groups is 1. The van der Waals surface area contributed by atoms with E-state index in [9.17, 15) is 31.1 Å². The number of anilines is 3. The number of rotatable bonds is 8. The lowest BCUT2D eigenvalue weighted by molar-refractivity contribution is -0.191. The molecule has 3 aromatic rings. The van der Waals surface area contributed by atoms with E-state index in [2.05, 4.69) is 14.9 Å². The topological polar surface area (TPSA) is 105 Å². The smallest absolute Gasteiger partial charge is 0.416 e. The van der Waals surface area contributed by atoms with Gasteiger partial charge in [-0.05, 0) is 81.0 Å². The monoisotopic (exact) mass is 709 g/mol. The summed E-state index contributed by atoms with van der Waals surface area (Å²) in [6, 6.07) is 5.57. The van der Waals surface area contributed by atoms with Crippen LogP contribution < -0.4 is 19.4 Å². The zero-order chi connectivity index (χ0) is 36.6. The number of benzene rings is 2. The van der Waals surface area contributed by atoms with Gasteiger partial charge in [0.1, 0.15) is 5.75 Å². The fourth-order valence-electron chi connectivity index (χ4n) is 6.32. The van der Waals surface area contributed by atoms with Gasteiger partial charge in [-0.1, -0.05) is 6.92 Å². The number of hydrogen-bond acceptors (Lipinski definition) is 9. The van der Waals surface area contributed by atoms with Gasteiger partial charge >= 0.3 is 24.6 Å². The van der Waals surface area contributed by atoms with E-state index in [0.29, 0.717) is 23.4 Å². The molecule has 0 saturated carbocycles. The number of methoxy groups -OCH3 is 1. The van der Waals surface area contributed by atoms with Crippen LogP contribution in [0.25, 0.3) is 0 Å². The van der Waals surface area contributed by atoms with Crippen LogP contribution >= 0.6 is 0 Å². The molecule has 10 nitrogen and oxygen atoms in total. The number of nitrogens with zero attached hydrogens (tertiary/aromatic N) is 5. The minimum atomic E-state index is -5.01. The lowest BCUT2D eigenvalue weighted by Crippen LogP contribution is -2.48. The van der Waals surface area contributed by atoms with Gasteiger partial charge in [0, 0.05) is 31.2 Å². The first kappa shape index (κ1) is 38.0. The van der Waals surface area contributed by atoms with Gasteiger partial charge in [-0.2, -0.15) is 35.9 Å². The molecule has 5 rings (SSSR count). The zero-order valence-electron chi connectivity index (χ0n) is 27.7. The predicted molar refractivity (Wildman–Crippen MR) is 170 cm³/mol. The molecule has 270 valence electrons. The molecule has 0 unspecified atom stereocenters. The van der Waals surface area contributed by atoms with Crippen molar-refractivity contribution in [1.29, 1.82) is 0 Å². The van der Waals surface area contributed by atoms with Gasteiger partial charge in [0.25, 0.3) is 0 Å². The van der Waals surface area contributed by atoms with Crippen LogP contribution in [-0.2, 0) is 33.2 Å². The summed E-state index contributed by atoms with van der Waals surface area (Å²) in [6.45, 7) is 4.99. The molecule has 50 heavy (non-hydrogen) atoms. The van der Waals surface area contributed by atoms with Crippen LogP contribution in [0.2, 0.25) is 0 Å². The maximum absolute atomic E-state index is 13.9. The Balaban J connectivity index is 0.00000181. The first-order valence-electron chi connectivity index (χ1n) is 16.0. The van der Waals surface area contributed by atoms with Crippen molar-refractivity contribution in [2.45, 2.75) is 76.9 Å². The molecule has 1 amide bonds. The Labute approximate surface area is 285 Å². The van der Waals surface area contributed by atoms with Gasteiger partial charge in [0.2, 0.25) is 5.95 Å². The zero-order valence-corrected chi connectivity index (χ0v) is 27.7. The van der Waals surface area contributed by atoms with E-state index in [-0.39, 0.29) is 43.3 Å². The summed E-state index contributed by atoms with van der Waals surface area (Å²) in [5.74, 6) is 0.571. The van der Waals surface area contributed by atoms with Crippen LogP contribution in [-0.4, -0.2) is 55.1 Å². The highest BCUT2D eigenvalue weighted by Crippen LogP contribution is 2.45. The summed E-state index contributed by atoms with van der Waals surface area (Å²) < 4.78 is 94.0. The Bertz CT molecular complexity index is 1610. The minimum Gasteiger partial charge on any atom is -0.497 e. The van der Waals surface area contributed by atoms with Crippen LogP contribution in [0.4, 0.5) is 48.5 Å². The third kappa shape index (κ3) is 8.84. The summed E-state index contributed by atoms with van der Waals surface area (Å²) in [7, 11) is 1.47. The molecule has 0 bridgehead atoms. The van der Waals surface area contributed by atoms with Crippen molar-refractivity contribution >= 4 is 29.6 Å². The van der Waals surface area contributed by atoms with Crippen LogP contribution in [0.3, 0.4) is 0 Å². The van der Waals surface area contributed by atoms with Gasteiger partial charge in [0.05, 0.1) is 54.7 Å². The minimum absolute atomic E-state index is 0.114. The standard InChI is InChI=1S/C33H37F6N5O3.CO2/c1-4-24-16-29(27-17-26(46-3)9-10-28(27)44(24)31(45)47-5-2)43(30-40-18-25(19-41-30)42-11-7-6-8-12-42)20-21-13-22(32(34,35)36)15-23(14-21)33(37,38)39;2-1-3/h9-10,13-15,17-19,24,29H,4-8,11-12,16,20H2,1-3H3;/t24-,29+;/m1./s1. The largest absolute Gasteiger partial charge is 0.497 e. The number of ether oxygens (including phenoxy) is 2. The first-order chi connectivity index (χ1) is 23.7. The Kier molecular flexibility index (Phi) is 12.3. The molecule has 1 fully saturated rings. The van der Waals surface area contributed by atoms with Crippen molar-refractivity contribution in [3.05, 3.63) is 71.0 Å². The highest BCUT2D eigenvalue weighted by atomic mass is 19.4. The molecule has 2 aliphatic rings. The van der Waals surface area contributed by atoms with Crippen LogP contribution in [0.5, 0.6) is 5.75 Å². The highest BCUT2D eigenvalue weighted by Gasteiger charge is 2.41. The summed E-state index contributed by atoms with van der Waals surface area (Å²) in [6.07, 6.45) is -3.17. The second kappa shape index (κ2) is 16.2. The van der Waals surface area contributed by atoms with Crippen molar-refractivity contribution in [3.8, 4) is 5.75 Å². The summed E-state index contributed by atoms with van der Waals surface area (Å²) in [4.78, 5) is 44.0. The first-order valence-corrected chi connectivity index (χ1v) is 16.0. The molecule has 3 heterocycles. The molecule has 2 aliphatic heterocycles. The van der Waals surface area contributed by atoms with E-state index in [4.69, 9.17) is 19.1 Å². The van der Waals surface area contributed by atoms with Gasteiger partial charge in [-0.15, -0.1) is 0 Å². The number of aromatic nitrogens is 2. The van der Waals surface area contributed by atoms with Crippen LogP contribution in [0, 0.1) is 0 Å². The average Bonchev–Trinajstić information content (AvgIpc) is 3.09. The van der Waals surface area contributed by atoms with E-state index in [1.165, 1.54) is 7.11 Å². The highest BCUT2D eigenvalue weighted by molar-refractivity contribution is 5.90. The van der Waals surface area contributed by atoms with E-state index in [1.807, 2.05) is 6.92 Å². The molecule has 2 atom stereocenters. The molecule has 16 heteroatoms. The summed E-state index contributed by atoms with van der Waals surface area (Å²) >= 11 is 0. The van der Waals surface area contributed by atoms with E-state index in [1.54, 1.807) is 47.3 Å². The maximum atomic E-state index is 13.9. The molecule has 1 saturated heterocycles. The fraction of sp³-hybridized carbons (Fsp3) is 0.471. The van der Waals surface area contributed by atoms with Gasteiger partial charge in [-0.25, -0.2) is 14.8 Å². The maximum Gasteiger partial charge on any atom is 0.416 e. The van der Waals surface area contributed by atoms with Crippen molar-refractivity contribution in [1.82, 2.24) is 9.97 Å². The van der Waals surface area contributed by atoms with Crippen molar-refractivity contribution in [3.63, 3.8) is 0 Å². The number of halogens is 6. The average molecular weight is 710 g/mol. The van der Waals surface area contributed by atoms with Crippen molar-refractivity contribution in [2.24, 2.45) is 0 Å². The molecule has 1 aromatic heterocycles. The van der Waals surface area contributed by atoms with E-state index in [0.717, 1.165) is 50.2 Å². The number of fused-ring (bicyclic) bond motifs is 1. The Morgan fingerprint density at radius 2 is 1.54 bits per heavy atom. The molecule has 0 spiro atoms. The number of amides is 1. The second-order valence-electron chi connectivity index (χ2n) is 11.7. The van der Waals surface area contributed by atoms with E-state index < -0.39 is 41.7 Å². The lowest BCUT2D eigenvalue weighted by atomic mass is 9.88. The van der Waals surface area contributed by atoms with Gasteiger partial charge in [0.15, 0.2) is 0 Å². The van der Waals surface area contributed by atoms with Crippen LogP contribution in [0.1, 0.15) is 74.2 Å². The Hall–Kier alpha value is -4.85. The van der Waals surface area contributed by atoms with Gasteiger partial charge in [-0.3, -0.25) is 4.90 Å². The van der Waals surface area contributed by atoms with Gasteiger partial charge < -0.3 is 19.3 Å². The van der Waals surface area contributed by atoms with E-state index >= 15 is 0 Å². The molecule has 0 N–H and O–H groups in total. The van der Waals surface area contributed by atoms with Crippen molar-refractivity contribution in [2.75, 3.05) is 41.5 Å². The summed E-state index contributed by atoms with van der Waals surface area (Å²) in [5, 5.41) is 0. The third-order valence-corrected chi connectivity index (χ3v) is 8.63. The second-order valence-corrected chi connectivity index (χ2v) is 11.7. The number of alkyl halides is 6. The lowest BCUT2D eigenvalue weighted by Gasteiger charge is -2.44. The molecular weight excluding hydrogens is 672 g/mol. The molecule has 0 aliphatic carbocycles. The number of carbonyl (C=O) groups excluding carboxylic acids is 3. The predicted octanol–water partition coefficient (Wildman–Crippen LogP) is 7.82. The Morgan fingerprint density at radius 1 is 0.940 bits per heavy atom. The van der Waals surface area contributed by atoms with Crippen molar-refractivity contribution < 1.29 is 50.2 Å². The molecular formula is C34H37F6N5O5. The Morgan fingerprint density at radius 3 is 2.06 bits per heavy atom. The number of hydrogen-bond donors (Lipinski definition) is 0. The fourth-order valence-corrected chi connectivity index (χ4v) is 6.32. The molecule has 2 aromatic carbocycles. The third-order valence-electron chi connectivity index (χ3n) is 8.63. The summed E-state index contributed by atoms with van der Waals surface area (Å²) in [5.41, 5.74) is -1.21. The SMILES string of the molecule is CCOC(=O)N1c2ccc(OC)cc2[C@@H](N(Cc2cc(C(F)(F)F)cc(C(F)(F)F)c2)c2ncc(N3CCCCC3)cn2)C[C@H]1CC.O=C=O. The number of piperidine rings is 1. The quantitative estimate of drug-likeness (QED) is 0.217.